The van der Waals surface area contributed by atoms with E-state index < -0.39 is 0 Å². The van der Waals surface area contributed by atoms with E-state index in [2.05, 4.69) is 10.3 Å². The van der Waals surface area contributed by atoms with Crippen LogP contribution in [0.4, 0.5) is 0 Å². The molecule has 3 N–H and O–H groups in total. The number of rotatable bonds is 4. The van der Waals surface area contributed by atoms with Crippen LogP contribution in [0.5, 0.6) is 0 Å². The van der Waals surface area contributed by atoms with Crippen molar-refractivity contribution in [3.63, 3.8) is 0 Å². The van der Waals surface area contributed by atoms with Gasteiger partial charge in [0.15, 0.2) is 0 Å². The fourth-order valence-electron chi connectivity index (χ4n) is 1.60. The van der Waals surface area contributed by atoms with Crippen LogP contribution >= 0.6 is 0 Å². The maximum absolute atomic E-state index is 11.8. The second-order valence-electron chi connectivity index (χ2n) is 4.10. The van der Waals surface area contributed by atoms with Crippen molar-refractivity contribution in [3.05, 3.63) is 69.6 Å². The molecule has 2 rings (SSSR count). The Labute approximate surface area is 109 Å². The Hall–Kier alpha value is -2.40. The van der Waals surface area contributed by atoms with Crippen LogP contribution in [0.2, 0.25) is 0 Å². The van der Waals surface area contributed by atoms with Crippen LogP contribution in [0, 0.1) is 0 Å². The van der Waals surface area contributed by atoms with E-state index >= 15 is 0 Å². The van der Waals surface area contributed by atoms with Crippen molar-refractivity contribution in [2.24, 2.45) is 0 Å². The first-order valence-electron chi connectivity index (χ1n) is 5.84. The Morgan fingerprint density at radius 1 is 1.11 bits per heavy atom. The normalized spacial score (nSPS) is 10.2. The van der Waals surface area contributed by atoms with Crippen LogP contribution in [0.1, 0.15) is 21.5 Å². The predicted molar refractivity (Wildman–Crippen MR) is 70.6 cm³/mol. The molecular weight excluding hydrogens is 244 g/mol. The summed E-state index contributed by atoms with van der Waals surface area (Å²) >= 11 is 0. The molecule has 0 fully saturated rings. The Morgan fingerprint density at radius 3 is 2.37 bits per heavy atom. The summed E-state index contributed by atoms with van der Waals surface area (Å²) in [6.07, 6.45) is 1.38. The van der Waals surface area contributed by atoms with E-state index in [4.69, 9.17) is 5.11 Å². The van der Waals surface area contributed by atoms with Gasteiger partial charge in [-0.05, 0) is 17.2 Å². The van der Waals surface area contributed by atoms with Crippen LogP contribution in [0.15, 0.2) is 47.4 Å². The molecule has 19 heavy (non-hydrogen) atoms. The molecule has 5 heteroatoms. The first-order valence-corrected chi connectivity index (χ1v) is 5.84. The average molecular weight is 258 g/mol. The highest BCUT2D eigenvalue weighted by Crippen LogP contribution is 2.04. The number of carbonyl (C=O) groups is 1. The van der Waals surface area contributed by atoms with Crippen molar-refractivity contribution in [2.75, 3.05) is 0 Å². The standard InChI is InChI=1S/C14H14N2O3/c17-9-11-3-1-10(2-4-11)7-16-14(19)12-5-6-13(18)15-8-12/h1-6,8,17H,7,9H2,(H,15,18)(H,16,19). The lowest BCUT2D eigenvalue weighted by Crippen LogP contribution is -2.23. The molecule has 5 nitrogen and oxygen atoms in total. The number of benzene rings is 1. The number of hydrogen-bond acceptors (Lipinski definition) is 3. The maximum atomic E-state index is 11.8. The van der Waals surface area contributed by atoms with Crippen molar-refractivity contribution in [2.45, 2.75) is 13.2 Å². The summed E-state index contributed by atoms with van der Waals surface area (Å²) in [5, 5.41) is 11.7. The van der Waals surface area contributed by atoms with E-state index in [-0.39, 0.29) is 18.1 Å². The van der Waals surface area contributed by atoms with Crippen LogP contribution in [-0.4, -0.2) is 16.0 Å². The van der Waals surface area contributed by atoms with E-state index in [1.54, 1.807) is 0 Å². The van der Waals surface area contributed by atoms with Gasteiger partial charge < -0.3 is 15.4 Å². The summed E-state index contributed by atoms with van der Waals surface area (Å²) in [6.45, 7) is 0.397. The van der Waals surface area contributed by atoms with Gasteiger partial charge >= 0.3 is 0 Å². The Balaban J connectivity index is 1.96. The zero-order chi connectivity index (χ0) is 13.7. The molecule has 1 aromatic carbocycles. The summed E-state index contributed by atoms with van der Waals surface area (Å²) in [6, 6.07) is 10.1. The Kier molecular flexibility index (Phi) is 4.10. The Morgan fingerprint density at radius 2 is 1.79 bits per heavy atom. The lowest BCUT2D eigenvalue weighted by Gasteiger charge is -2.05. The number of nitrogens with one attached hydrogen (secondary N) is 2. The zero-order valence-electron chi connectivity index (χ0n) is 10.2. The largest absolute Gasteiger partial charge is 0.392 e. The summed E-state index contributed by atoms with van der Waals surface area (Å²) in [5.41, 5.74) is 1.94. The summed E-state index contributed by atoms with van der Waals surface area (Å²) in [5.74, 6) is -0.248. The number of aromatic nitrogens is 1. The molecule has 1 amide bonds. The fraction of sp³-hybridized carbons (Fsp3) is 0.143. The molecule has 1 heterocycles. The zero-order valence-corrected chi connectivity index (χ0v) is 10.2. The monoisotopic (exact) mass is 258 g/mol. The third kappa shape index (κ3) is 3.53. The molecule has 1 aromatic heterocycles. The molecule has 0 spiro atoms. The number of pyridine rings is 1. The molecule has 0 atom stereocenters. The fourth-order valence-corrected chi connectivity index (χ4v) is 1.60. The maximum Gasteiger partial charge on any atom is 0.253 e. The first kappa shape index (κ1) is 13.0. The number of aliphatic hydroxyl groups excluding tert-OH is 1. The second kappa shape index (κ2) is 5.97. The van der Waals surface area contributed by atoms with E-state index in [1.165, 1.54) is 18.3 Å². The number of aliphatic hydroxyl groups is 1. The third-order valence-electron chi connectivity index (χ3n) is 2.71. The van der Waals surface area contributed by atoms with E-state index in [9.17, 15) is 9.59 Å². The van der Waals surface area contributed by atoms with Gasteiger partial charge in [-0.1, -0.05) is 24.3 Å². The van der Waals surface area contributed by atoms with Gasteiger partial charge in [-0.2, -0.15) is 0 Å². The van der Waals surface area contributed by atoms with E-state index in [0.29, 0.717) is 12.1 Å². The van der Waals surface area contributed by atoms with Crippen LogP contribution in [0.25, 0.3) is 0 Å². The quantitative estimate of drug-likeness (QED) is 0.758. The molecule has 0 bridgehead atoms. The highest BCUT2D eigenvalue weighted by molar-refractivity contribution is 5.93. The van der Waals surface area contributed by atoms with Gasteiger partial charge in [0.1, 0.15) is 0 Å². The van der Waals surface area contributed by atoms with Gasteiger partial charge in [0.2, 0.25) is 5.56 Å². The van der Waals surface area contributed by atoms with Crippen LogP contribution in [-0.2, 0) is 13.2 Å². The molecule has 0 aliphatic heterocycles. The van der Waals surface area contributed by atoms with Crippen molar-refractivity contribution in [1.29, 1.82) is 0 Å². The lowest BCUT2D eigenvalue weighted by molar-refractivity contribution is 0.0950. The van der Waals surface area contributed by atoms with E-state index in [0.717, 1.165) is 11.1 Å². The number of amides is 1. The van der Waals surface area contributed by atoms with Gasteiger partial charge in [-0.25, -0.2) is 0 Å². The first-order chi connectivity index (χ1) is 9.19. The number of aromatic amines is 1. The van der Waals surface area contributed by atoms with Gasteiger partial charge in [0.05, 0.1) is 12.2 Å². The van der Waals surface area contributed by atoms with E-state index in [1.807, 2.05) is 24.3 Å². The predicted octanol–water partition coefficient (Wildman–Crippen LogP) is 0.797. The smallest absolute Gasteiger partial charge is 0.253 e. The molecule has 2 aromatic rings. The third-order valence-corrected chi connectivity index (χ3v) is 2.71. The highest BCUT2D eigenvalue weighted by atomic mass is 16.3. The number of H-pyrrole nitrogens is 1. The van der Waals surface area contributed by atoms with Crippen LogP contribution in [0.3, 0.4) is 0 Å². The van der Waals surface area contributed by atoms with Crippen LogP contribution < -0.4 is 10.9 Å². The van der Waals surface area contributed by atoms with Gasteiger partial charge in [-0.3, -0.25) is 9.59 Å². The SMILES string of the molecule is O=C(NCc1ccc(CO)cc1)c1ccc(=O)[nH]c1. The molecule has 0 aliphatic rings. The molecule has 0 aliphatic carbocycles. The summed E-state index contributed by atoms with van der Waals surface area (Å²) in [4.78, 5) is 25.1. The van der Waals surface area contributed by atoms with Crippen molar-refractivity contribution in [3.8, 4) is 0 Å². The minimum absolute atomic E-state index is 0.00399. The molecule has 0 saturated carbocycles. The minimum atomic E-state index is -0.248. The molecule has 0 radical (unpaired) electrons. The summed E-state index contributed by atoms with van der Waals surface area (Å²) in [7, 11) is 0. The lowest BCUT2D eigenvalue weighted by atomic mass is 10.1. The number of hydrogen-bond donors (Lipinski definition) is 3. The average Bonchev–Trinajstić information content (AvgIpc) is 2.46. The highest BCUT2D eigenvalue weighted by Gasteiger charge is 2.04. The number of carbonyl (C=O) groups excluding carboxylic acids is 1. The Bertz CT molecular complexity index is 597. The van der Waals surface area contributed by atoms with Crippen molar-refractivity contribution < 1.29 is 9.90 Å². The molecular formula is C14H14N2O3. The molecule has 98 valence electrons. The topological polar surface area (TPSA) is 82.2 Å². The molecule has 0 unspecified atom stereocenters. The van der Waals surface area contributed by atoms with Gasteiger partial charge in [-0.15, -0.1) is 0 Å². The minimum Gasteiger partial charge on any atom is -0.392 e. The van der Waals surface area contributed by atoms with Gasteiger partial charge in [0.25, 0.3) is 5.91 Å². The van der Waals surface area contributed by atoms with Crippen molar-refractivity contribution in [1.82, 2.24) is 10.3 Å². The molecule has 0 saturated heterocycles. The second-order valence-corrected chi connectivity index (χ2v) is 4.10. The van der Waals surface area contributed by atoms with Crippen molar-refractivity contribution >= 4 is 5.91 Å². The van der Waals surface area contributed by atoms with Gasteiger partial charge in [0, 0.05) is 18.8 Å². The summed E-state index contributed by atoms with van der Waals surface area (Å²) < 4.78 is 0.